The van der Waals surface area contributed by atoms with E-state index in [1.807, 2.05) is 19.1 Å². The molecule has 3 heterocycles. The molecular weight excluding hydrogens is 360 g/mol. The van der Waals surface area contributed by atoms with Crippen LogP contribution in [0.3, 0.4) is 0 Å². The first-order valence-corrected chi connectivity index (χ1v) is 8.51. The SMILES string of the molecule is Cc1nccn1-c1ccc(C(=O)Nc2nc3ccc(Cl)cc3s2)nn1. The second kappa shape index (κ2) is 6.23. The molecule has 4 aromatic rings. The Morgan fingerprint density at radius 1 is 1.24 bits per heavy atom. The molecular formula is C16H11ClN6OS. The Labute approximate surface area is 151 Å². The summed E-state index contributed by atoms with van der Waals surface area (Å²) in [5.41, 5.74) is 0.987. The van der Waals surface area contributed by atoms with Crippen molar-refractivity contribution in [3.63, 3.8) is 0 Å². The first kappa shape index (κ1) is 15.7. The molecule has 0 radical (unpaired) electrons. The van der Waals surface area contributed by atoms with Crippen molar-refractivity contribution in [3.8, 4) is 5.82 Å². The van der Waals surface area contributed by atoms with E-state index >= 15 is 0 Å². The van der Waals surface area contributed by atoms with Gasteiger partial charge in [0.15, 0.2) is 16.6 Å². The summed E-state index contributed by atoms with van der Waals surface area (Å²) in [6.45, 7) is 1.86. The number of carbonyl (C=O) groups excluding carboxylic acids is 1. The van der Waals surface area contributed by atoms with Crippen LogP contribution in [0.25, 0.3) is 16.0 Å². The van der Waals surface area contributed by atoms with Crippen LogP contribution in [0.4, 0.5) is 5.13 Å². The van der Waals surface area contributed by atoms with Crippen LogP contribution >= 0.6 is 22.9 Å². The lowest BCUT2D eigenvalue weighted by Crippen LogP contribution is -2.15. The van der Waals surface area contributed by atoms with Crippen LogP contribution in [0.2, 0.25) is 5.02 Å². The van der Waals surface area contributed by atoms with E-state index in [-0.39, 0.29) is 11.6 Å². The minimum absolute atomic E-state index is 0.207. The number of aryl methyl sites for hydroxylation is 1. The highest BCUT2D eigenvalue weighted by atomic mass is 35.5. The Morgan fingerprint density at radius 2 is 2.12 bits per heavy atom. The maximum Gasteiger partial charge on any atom is 0.277 e. The molecule has 25 heavy (non-hydrogen) atoms. The second-order valence-electron chi connectivity index (χ2n) is 5.21. The summed E-state index contributed by atoms with van der Waals surface area (Å²) in [6.07, 6.45) is 3.46. The van der Waals surface area contributed by atoms with Crippen LogP contribution in [0.15, 0.2) is 42.7 Å². The molecule has 1 aromatic carbocycles. The molecule has 0 atom stereocenters. The molecule has 0 saturated heterocycles. The van der Waals surface area contributed by atoms with Gasteiger partial charge in [0.05, 0.1) is 10.2 Å². The summed E-state index contributed by atoms with van der Waals surface area (Å²) in [5, 5.41) is 11.9. The standard InChI is InChI=1S/C16H11ClN6OS/c1-9-18-6-7-23(9)14-5-4-12(21-22-14)15(24)20-16-19-11-3-2-10(17)8-13(11)25-16/h2-8H,1H3,(H,19,20,24). The van der Waals surface area contributed by atoms with Crippen molar-refractivity contribution in [1.29, 1.82) is 0 Å². The van der Waals surface area contributed by atoms with Gasteiger partial charge in [-0.1, -0.05) is 22.9 Å². The number of anilines is 1. The number of nitrogens with zero attached hydrogens (tertiary/aromatic N) is 5. The maximum atomic E-state index is 12.3. The van der Waals surface area contributed by atoms with E-state index in [2.05, 4.69) is 25.5 Å². The van der Waals surface area contributed by atoms with Crippen molar-refractivity contribution in [2.45, 2.75) is 6.92 Å². The number of imidazole rings is 1. The van der Waals surface area contributed by atoms with Crippen molar-refractivity contribution >= 4 is 44.2 Å². The Morgan fingerprint density at radius 3 is 2.84 bits per heavy atom. The van der Waals surface area contributed by atoms with E-state index in [0.717, 1.165) is 16.0 Å². The number of fused-ring (bicyclic) bond motifs is 1. The van der Waals surface area contributed by atoms with Crippen molar-refractivity contribution in [1.82, 2.24) is 24.7 Å². The van der Waals surface area contributed by atoms with E-state index in [9.17, 15) is 4.79 Å². The van der Waals surface area contributed by atoms with E-state index in [1.54, 1.807) is 35.2 Å². The minimum atomic E-state index is -0.369. The largest absolute Gasteiger partial charge is 0.296 e. The van der Waals surface area contributed by atoms with Gasteiger partial charge < -0.3 is 0 Å². The van der Waals surface area contributed by atoms with Gasteiger partial charge in [0.2, 0.25) is 0 Å². The molecule has 0 bridgehead atoms. The van der Waals surface area contributed by atoms with Crippen LogP contribution in [-0.2, 0) is 0 Å². The Kier molecular flexibility index (Phi) is 3.90. The lowest BCUT2D eigenvalue weighted by molar-refractivity contribution is 0.102. The lowest BCUT2D eigenvalue weighted by atomic mass is 10.3. The molecule has 4 rings (SSSR count). The smallest absolute Gasteiger partial charge is 0.277 e. The number of hydrogen-bond donors (Lipinski definition) is 1. The molecule has 0 spiro atoms. The Hall–Kier alpha value is -2.84. The van der Waals surface area contributed by atoms with Gasteiger partial charge in [-0.2, -0.15) is 0 Å². The molecule has 0 saturated carbocycles. The summed E-state index contributed by atoms with van der Waals surface area (Å²) in [7, 11) is 0. The van der Waals surface area contributed by atoms with E-state index in [1.165, 1.54) is 11.3 Å². The van der Waals surface area contributed by atoms with Gasteiger partial charge in [-0.3, -0.25) is 14.7 Å². The van der Waals surface area contributed by atoms with Crippen LogP contribution < -0.4 is 5.32 Å². The molecule has 3 aromatic heterocycles. The topological polar surface area (TPSA) is 85.6 Å². The van der Waals surface area contributed by atoms with Gasteiger partial charge in [-0.15, -0.1) is 10.2 Å². The number of aromatic nitrogens is 5. The average molecular weight is 371 g/mol. The fourth-order valence-corrected chi connectivity index (χ4v) is 3.44. The molecule has 1 amide bonds. The highest BCUT2D eigenvalue weighted by Gasteiger charge is 2.13. The quantitative estimate of drug-likeness (QED) is 0.596. The average Bonchev–Trinajstić information content (AvgIpc) is 3.20. The van der Waals surface area contributed by atoms with Gasteiger partial charge in [0.25, 0.3) is 5.91 Å². The molecule has 1 N–H and O–H groups in total. The number of rotatable bonds is 3. The lowest BCUT2D eigenvalue weighted by Gasteiger charge is -2.04. The third-order valence-electron chi connectivity index (χ3n) is 3.53. The number of thiazole rings is 1. The van der Waals surface area contributed by atoms with Gasteiger partial charge in [0.1, 0.15) is 5.82 Å². The van der Waals surface area contributed by atoms with E-state index < -0.39 is 0 Å². The number of nitrogens with one attached hydrogen (secondary N) is 1. The molecule has 0 unspecified atom stereocenters. The van der Waals surface area contributed by atoms with Crippen LogP contribution in [0.5, 0.6) is 0 Å². The van der Waals surface area contributed by atoms with E-state index in [4.69, 9.17) is 11.6 Å². The highest BCUT2D eigenvalue weighted by molar-refractivity contribution is 7.22. The molecule has 0 aliphatic carbocycles. The first-order valence-electron chi connectivity index (χ1n) is 7.32. The maximum absolute atomic E-state index is 12.3. The molecule has 9 heteroatoms. The number of hydrogen-bond acceptors (Lipinski definition) is 6. The predicted molar refractivity (Wildman–Crippen MR) is 96.5 cm³/mol. The van der Waals surface area contributed by atoms with Crippen LogP contribution in [-0.4, -0.2) is 30.6 Å². The Bertz CT molecular complexity index is 1070. The van der Waals surface area contributed by atoms with Crippen LogP contribution in [0, 0.1) is 6.92 Å². The van der Waals surface area contributed by atoms with Gasteiger partial charge in [-0.05, 0) is 37.3 Å². The zero-order valence-electron chi connectivity index (χ0n) is 13.0. The summed E-state index contributed by atoms with van der Waals surface area (Å²) >= 11 is 7.31. The number of halogens is 1. The summed E-state index contributed by atoms with van der Waals surface area (Å²) in [6, 6.07) is 8.71. The summed E-state index contributed by atoms with van der Waals surface area (Å²) < 4.78 is 2.69. The fraction of sp³-hybridized carbons (Fsp3) is 0.0625. The molecule has 7 nitrogen and oxygen atoms in total. The predicted octanol–water partition coefficient (Wildman–Crippen LogP) is 3.49. The molecule has 0 fully saturated rings. The van der Waals surface area contributed by atoms with Gasteiger partial charge in [0, 0.05) is 17.4 Å². The number of benzene rings is 1. The zero-order valence-corrected chi connectivity index (χ0v) is 14.5. The van der Waals surface area contributed by atoms with Gasteiger partial charge >= 0.3 is 0 Å². The normalized spacial score (nSPS) is 11.0. The molecule has 0 aliphatic rings. The summed E-state index contributed by atoms with van der Waals surface area (Å²) in [5.74, 6) is 1.02. The van der Waals surface area contributed by atoms with Crippen molar-refractivity contribution < 1.29 is 4.79 Å². The monoisotopic (exact) mass is 370 g/mol. The van der Waals surface area contributed by atoms with Gasteiger partial charge in [-0.25, -0.2) is 9.97 Å². The first-order chi connectivity index (χ1) is 12.1. The number of amides is 1. The van der Waals surface area contributed by atoms with Crippen molar-refractivity contribution in [2.24, 2.45) is 0 Å². The highest BCUT2D eigenvalue weighted by Crippen LogP contribution is 2.28. The Balaban J connectivity index is 1.55. The van der Waals surface area contributed by atoms with Crippen molar-refractivity contribution in [3.05, 3.63) is 59.3 Å². The second-order valence-corrected chi connectivity index (χ2v) is 6.67. The summed E-state index contributed by atoms with van der Waals surface area (Å²) in [4.78, 5) is 20.8. The third kappa shape index (κ3) is 3.09. The molecule has 0 aliphatic heterocycles. The zero-order chi connectivity index (χ0) is 17.4. The minimum Gasteiger partial charge on any atom is -0.296 e. The van der Waals surface area contributed by atoms with E-state index in [0.29, 0.717) is 16.0 Å². The molecule has 124 valence electrons. The fourth-order valence-electron chi connectivity index (χ4n) is 2.31. The third-order valence-corrected chi connectivity index (χ3v) is 4.70. The number of carbonyl (C=O) groups is 1. The van der Waals surface area contributed by atoms with Crippen LogP contribution in [0.1, 0.15) is 16.3 Å². The van der Waals surface area contributed by atoms with Crippen molar-refractivity contribution in [2.75, 3.05) is 5.32 Å².